The first-order valence-corrected chi connectivity index (χ1v) is 4.42. The topological polar surface area (TPSA) is 77.2 Å². The van der Waals surface area contributed by atoms with Gasteiger partial charge in [-0.15, -0.1) is 10.2 Å². The van der Waals surface area contributed by atoms with Crippen LogP contribution in [-0.2, 0) is 15.1 Å². The van der Waals surface area contributed by atoms with Gasteiger partial charge in [0.1, 0.15) is 18.2 Å². The molecule has 0 unspecified atom stereocenters. The van der Waals surface area contributed by atoms with Gasteiger partial charge < -0.3 is 14.4 Å². The molecule has 1 N–H and O–H groups in total. The van der Waals surface area contributed by atoms with E-state index in [0.29, 0.717) is 26.1 Å². The van der Waals surface area contributed by atoms with Crippen molar-refractivity contribution in [3.05, 3.63) is 12.7 Å². The molecule has 1 aliphatic heterocycles. The zero-order valence-electron chi connectivity index (χ0n) is 7.59. The molecule has 1 saturated heterocycles. The monoisotopic (exact) mass is 197 g/mol. The van der Waals surface area contributed by atoms with E-state index in [1.54, 1.807) is 4.57 Å². The van der Waals surface area contributed by atoms with Crippen LogP contribution in [0.1, 0.15) is 12.8 Å². The molecule has 0 saturated carbocycles. The second-order valence-corrected chi connectivity index (χ2v) is 3.32. The number of hydrogen-bond donors (Lipinski definition) is 1. The highest BCUT2D eigenvalue weighted by Gasteiger charge is 2.41. The molecule has 6 nitrogen and oxygen atoms in total. The van der Waals surface area contributed by atoms with Gasteiger partial charge in [-0.3, -0.25) is 0 Å². The Kier molecular flexibility index (Phi) is 2.20. The quantitative estimate of drug-likeness (QED) is 0.714. The van der Waals surface area contributed by atoms with Crippen LogP contribution in [-0.4, -0.2) is 39.1 Å². The molecule has 0 amide bonds. The van der Waals surface area contributed by atoms with Gasteiger partial charge in [0.15, 0.2) is 0 Å². The maximum atomic E-state index is 11.2. The van der Waals surface area contributed by atoms with Crippen molar-refractivity contribution in [2.24, 2.45) is 0 Å². The maximum absolute atomic E-state index is 11.2. The van der Waals surface area contributed by atoms with Crippen LogP contribution in [0.3, 0.4) is 0 Å². The van der Waals surface area contributed by atoms with Crippen LogP contribution in [0, 0.1) is 0 Å². The number of aliphatic carboxylic acids is 1. The van der Waals surface area contributed by atoms with E-state index in [0.717, 1.165) is 0 Å². The number of carbonyl (C=O) groups is 1. The van der Waals surface area contributed by atoms with Gasteiger partial charge in [-0.05, 0) is 0 Å². The molecule has 1 aliphatic rings. The van der Waals surface area contributed by atoms with Crippen LogP contribution >= 0.6 is 0 Å². The second-order valence-electron chi connectivity index (χ2n) is 3.32. The lowest BCUT2D eigenvalue weighted by Crippen LogP contribution is -2.45. The van der Waals surface area contributed by atoms with Crippen LogP contribution < -0.4 is 0 Å². The first-order chi connectivity index (χ1) is 6.76. The Bertz CT molecular complexity index is 317. The predicted octanol–water partition coefficient (Wildman–Crippen LogP) is -0.132. The first kappa shape index (κ1) is 9.14. The van der Waals surface area contributed by atoms with E-state index in [2.05, 4.69) is 10.2 Å². The molecule has 0 bridgehead atoms. The van der Waals surface area contributed by atoms with Gasteiger partial charge in [-0.25, -0.2) is 4.79 Å². The van der Waals surface area contributed by atoms with Crippen LogP contribution in [0.5, 0.6) is 0 Å². The van der Waals surface area contributed by atoms with Gasteiger partial charge in [-0.2, -0.15) is 0 Å². The summed E-state index contributed by atoms with van der Waals surface area (Å²) in [5.74, 6) is -0.847. The summed E-state index contributed by atoms with van der Waals surface area (Å²) in [5.41, 5.74) is -0.915. The molecule has 1 aromatic heterocycles. The molecular weight excluding hydrogens is 186 g/mol. The number of carboxylic acids is 1. The largest absolute Gasteiger partial charge is 0.479 e. The van der Waals surface area contributed by atoms with E-state index in [1.165, 1.54) is 12.7 Å². The average Bonchev–Trinajstić information content (AvgIpc) is 2.72. The molecule has 2 heterocycles. The molecule has 6 heteroatoms. The van der Waals surface area contributed by atoms with Gasteiger partial charge in [0.05, 0.1) is 0 Å². The fourth-order valence-electron chi connectivity index (χ4n) is 1.71. The van der Waals surface area contributed by atoms with Crippen molar-refractivity contribution in [2.75, 3.05) is 13.2 Å². The molecule has 0 radical (unpaired) electrons. The van der Waals surface area contributed by atoms with Gasteiger partial charge in [0.25, 0.3) is 0 Å². The average molecular weight is 197 g/mol. The van der Waals surface area contributed by atoms with Crippen LogP contribution in [0.4, 0.5) is 0 Å². The zero-order chi connectivity index (χ0) is 10.0. The zero-order valence-corrected chi connectivity index (χ0v) is 7.59. The summed E-state index contributed by atoms with van der Waals surface area (Å²) < 4.78 is 6.71. The molecular formula is C8H11N3O3. The Morgan fingerprint density at radius 3 is 2.43 bits per heavy atom. The minimum Gasteiger partial charge on any atom is -0.479 e. The Morgan fingerprint density at radius 2 is 1.93 bits per heavy atom. The first-order valence-electron chi connectivity index (χ1n) is 4.42. The number of aromatic nitrogens is 3. The Balaban J connectivity index is 2.35. The number of nitrogens with zero attached hydrogens (tertiary/aromatic N) is 3. The number of hydrogen-bond acceptors (Lipinski definition) is 4. The SMILES string of the molecule is O=C(O)C1(n2cnnc2)CCOCC1. The summed E-state index contributed by atoms with van der Waals surface area (Å²) >= 11 is 0. The molecule has 76 valence electrons. The fourth-order valence-corrected chi connectivity index (χ4v) is 1.71. The van der Waals surface area contributed by atoms with Crippen LogP contribution in [0.25, 0.3) is 0 Å². The van der Waals surface area contributed by atoms with Crippen molar-refractivity contribution in [2.45, 2.75) is 18.4 Å². The van der Waals surface area contributed by atoms with Crippen molar-refractivity contribution in [3.63, 3.8) is 0 Å². The van der Waals surface area contributed by atoms with Crippen molar-refractivity contribution in [1.82, 2.24) is 14.8 Å². The lowest BCUT2D eigenvalue weighted by molar-refractivity contribution is -0.153. The Hall–Kier alpha value is -1.43. The normalized spacial score (nSPS) is 20.6. The molecule has 0 aliphatic carbocycles. The van der Waals surface area contributed by atoms with Crippen LogP contribution in [0.2, 0.25) is 0 Å². The third-order valence-electron chi connectivity index (χ3n) is 2.63. The molecule has 0 aromatic carbocycles. The van der Waals surface area contributed by atoms with Crippen molar-refractivity contribution in [3.8, 4) is 0 Å². The second kappa shape index (κ2) is 3.38. The summed E-state index contributed by atoms with van der Waals surface area (Å²) in [6.07, 6.45) is 3.81. The highest BCUT2D eigenvalue weighted by Crippen LogP contribution is 2.28. The maximum Gasteiger partial charge on any atom is 0.330 e. The third kappa shape index (κ3) is 1.27. The van der Waals surface area contributed by atoms with Crippen molar-refractivity contribution < 1.29 is 14.6 Å². The van der Waals surface area contributed by atoms with E-state index in [9.17, 15) is 9.90 Å². The van der Waals surface area contributed by atoms with Crippen molar-refractivity contribution in [1.29, 1.82) is 0 Å². The predicted molar refractivity (Wildman–Crippen MR) is 45.7 cm³/mol. The molecule has 1 fully saturated rings. The van der Waals surface area contributed by atoms with E-state index >= 15 is 0 Å². The lowest BCUT2D eigenvalue weighted by Gasteiger charge is -2.33. The number of ether oxygens (including phenoxy) is 1. The number of rotatable bonds is 2. The molecule has 2 rings (SSSR count). The van der Waals surface area contributed by atoms with Gasteiger partial charge in [0, 0.05) is 26.1 Å². The van der Waals surface area contributed by atoms with E-state index in [-0.39, 0.29) is 0 Å². The van der Waals surface area contributed by atoms with E-state index in [1.807, 2.05) is 0 Å². The highest BCUT2D eigenvalue weighted by atomic mass is 16.5. The van der Waals surface area contributed by atoms with Crippen molar-refractivity contribution >= 4 is 5.97 Å². The minimum absolute atomic E-state index is 0.459. The molecule has 0 spiro atoms. The summed E-state index contributed by atoms with van der Waals surface area (Å²) in [6.45, 7) is 0.926. The summed E-state index contributed by atoms with van der Waals surface area (Å²) in [5, 5.41) is 16.5. The molecule has 14 heavy (non-hydrogen) atoms. The van der Waals surface area contributed by atoms with E-state index < -0.39 is 11.5 Å². The van der Waals surface area contributed by atoms with Crippen LogP contribution in [0.15, 0.2) is 12.7 Å². The number of carboxylic acid groups (broad SMARTS) is 1. The highest BCUT2D eigenvalue weighted by molar-refractivity contribution is 5.76. The van der Waals surface area contributed by atoms with E-state index in [4.69, 9.17) is 4.74 Å². The summed E-state index contributed by atoms with van der Waals surface area (Å²) in [6, 6.07) is 0. The summed E-state index contributed by atoms with van der Waals surface area (Å²) in [4.78, 5) is 11.2. The minimum atomic E-state index is -0.915. The molecule has 0 atom stereocenters. The van der Waals surface area contributed by atoms with Gasteiger partial charge in [-0.1, -0.05) is 0 Å². The summed E-state index contributed by atoms with van der Waals surface area (Å²) in [7, 11) is 0. The smallest absolute Gasteiger partial charge is 0.330 e. The Morgan fingerprint density at radius 1 is 1.36 bits per heavy atom. The fraction of sp³-hybridized carbons (Fsp3) is 0.625. The molecule has 1 aromatic rings. The lowest BCUT2D eigenvalue weighted by atomic mass is 9.90. The van der Waals surface area contributed by atoms with Gasteiger partial charge >= 0.3 is 5.97 Å². The van der Waals surface area contributed by atoms with Gasteiger partial charge in [0.2, 0.25) is 0 Å². The Labute approximate surface area is 80.5 Å². The standard InChI is InChI=1S/C8H11N3O3/c12-7(13)8(1-3-14-4-2-8)11-5-9-10-6-11/h5-6H,1-4H2,(H,12,13). The third-order valence-corrected chi connectivity index (χ3v) is 2.63.